The normalized spacial score (nSPS) is 18.3. The summed E-state index contributed by atoms with van der Waals surface area (Å²) in [6.45, 7) is 10.4. The second-order valence-electron chi connectivity index (χ2n) is 8.73. The zero-order valence-electron chi connectivity index (χ0n) is 20.7. The summed E-state index contributed by atoms with van der Waals surface area (Å²) >= 11 is 0. The van der Waals surface area contributed by atoms with Gasteiger partial charge in [-0.1, -0.05) is 55.4 Å². The third kappa shape index (κ3) is 12.0. The molecule has 1 aliphatic carbocycles. The molecule has 1 atom stereocenters. The van der Waals surface area contributed by atoms with Crippen molar-refractivity contribution in [1.82, 2.24) is 5.32 Å². The maximum absolute atomic E-state index is 12.1. The van der Waals surface area contributed by atoms with Crippen LogP contribution in [-0.2, 0) is 24.4 Å². The van der Waals surface area contributed by atoms with Crippen LogP contribution in [0.4, 0.5) is 0 Å². The van der Waals surface area contributed by atoms with Crippen molar-refractivity contribution in [3.8, 4) is 0 Å². The molecule has 0 bridgehead atoms. The van der Waals surface area contributed by atoms with Crippen molar-refractivity contribution in [2.75, 3.05) is 12.9 Å². The number of amides is 1. The third-order valence-corrected chi connectivity index (χ3v) is 6.05. The van der Waals surface area contributed by atoms with Crippen LogP contribution in [0.1, 0.15) is 53.9 Å². The number of carbonyl (C=O) groups is 2. The Kier molecular flexibility index (Phi) is 13.4. The van der Waals surface area contributed by atoms with E-state index in [1.807, 2.05) is 13.0 Å². The van der Waals surface area contributed by atoms with Crippen molar-refractivity contribution in [2.24, 2.45) is 5.41 Å². The average molecular weight is 488 g/mol. The Morgan fingerprint density at radius 1 is 1.21 bits per heavy atom. The fourth-order valence-corrected chi connectivity index (χ4v) is 4.24. The van der Waals surface area contributed by atoms with E-state index in [1.165, 1.54) is 30.1 Å². The Morgan fingerprint density at radius 2 is 1.85 bits per heavy atom. The molecule has 0 spiro atoms. The van der Waals surface area contributed by atoms with Gasteiger partial charge in [-0.2, -0.15) is 0 Å². The summed E-state index contributed by atoms with van der Waals surface area (Å²) < 4.78 is 37.2. The van der Waals surface area contributed by atoms with Gasteiger partial charge < -0.3 is 14.6 Å². The molecule has 0 saturated carbocycles. The number of methoxy groups -OCH3 is 1. The van der Waals surface area contributed by atoms with Crippen LogP contribution in [0.5, 0.6) is 0 Å². The van der Waals surface area contributed by atoms with E-state index in [1.54, 1.807) is 19.1 Å². The molecule has 0 radical (unpaired) electrons. The molecule has 0 aromatic rings. The topological polar surface area (TPSA) is 113 Å². The number of hydrogen-bond donors (Lipinski definition) is 1. The first-order valence-corrected chi connectivity index (χ1v) is 12.1. The Hall–Kier alpha value is -1.45. The van der Waals surface area contributed by atoms with Crippen molar-refractivity contribution < 1.29 is 56.9 Å². The van der Waals surface area contributed by atoms with Gasteiger partial charge in [-0.25, -0.2) is 13.2 Å². The van der Waals surface area contributed by atoms with Crippen LogP contribution in [0.15, 0.2) is 58.7 Å². The van der Waals surface area contributed by atoms with Crippen LogP contribution in [0.3, 0.4) is 0 Å². The quantitative estimate of drug-likeness (QED) is 0.169. The molecule has 0 unspecified atom stereocenters. The molecule has 1 N–H and O–H groups in total. The van der Waals surface area contributed by atoms with Crippen LogP contribution < -0.4 is 34.9 Å². The SMILES string of the molecule is COC(=O)[C@H](CS(=O)(=O)[O-])NC(=O)/C=C(C)/C=C/C=C(C)/C=C/C1=C(C)CCCC1(C)C.[Na+]. The smallest absolute Gasteiger partial charge is 0.748 e. The Labute approximate surface area is 220 Å². The van der Waals surface area contributed by atoms with E-state index in [2.05, 4.69) is 43.0 Å². The molecule has 9 heteroatoms. The van der Waals surface area contributed by atoms with Crippen LogP contribution in [0, 0.1) is 5.41 Å². The van der Waals surface area contributed by atoms with Gasteiger partial charge in [-0.15, -0.1) is 0 Å². The second kappa shape index (κ2) is 14.1. The zero-order chi connectivity index (χ0) is 24.5. The van der Waals surface area contributed by atoms with Gasteiger partial charge in [0.05, 0.1) is 23.0 Å². The molecule has 1 amide bonds. The standard InChI is InChI=1S/C24H35NO6S.Na/c1-17(12-13-20-19(3)11-8-14-24(20,4)5)9-7-10-18(2)15-22(26)25-21(23(27)31-6)16-32(28,29)30;/h7,9-10,12-13,15,21H,8,11,14,16H2,1-6H3,(H,25,26)(H,28,29,30);/q;+1/p-1/b10-7+,13-12+,17-9+,18-15+;/t21-;/m0./s1. The first-order chi connectivity index (χ1) is 14.7. The Morgan fingerprint density at radius 3 is 2.39 bits per heavy atom. The molecule has 0 fully saturated rings. The van der Waals surface area contributed by atoms with Crippen molar-refractivity contribution in [2.45, 2.75) is 59.9 Å². The zero-order valence-corrected chi connectivity index (χ0v) is 23.5. The van der Waals surface area contributed by atoms with Crippen molar-refractivity contribution in [3.63, 3.8) is 0 Å². The van der Waals surface area contributed by atoms with Crippen LogP contribution in [0.25, 0.3) is 0 Å². The van der Waals surface area contributed by atoms with Crippen molar-refractivity contribution in [3.05, 3.63) is 58.7 Å². The Balaban J connectivity index is 0.0000102. The van der Waals surface area contributed by atoms with Crippen LogP contribution >= 0.6 is 0 Å². The average Bonchev–Trinajstić information content (AvgIpc) is 2.64. The van der Waals surface area contributed by atoms with E-state index < -0.39 is 33.8 Å². The monoisotopic (exact) mass is 487 g/mol. The molecule has 0 aromatic heterocycles. The first kappa shape index (κ1) is 31.6. The number of hydrogen-bond acceptors (Lipinski definition) is 6. The summed E-state index contributed by atoms with van der Waals surface area (Å²) in [5, 5.41) is 2.19. The third-order valence-electron chi connectivity index (χ3n) is 5.31. The van der Waals surface area contributed by atoms with Gasteiger partial charge in [0.1, 0.15) is 6.04 Å². The second-order valence-corrected chi connectivity index (χ2v) is 10.2. The van der Waals surface area contributed by atoms with Gasteiger partial charge in [0.25, 0.3) is 0 Å². The van der Waals surface area contributed by atoms with E-state index >= 15 is 0 Å². The van der Waals surface area contributed by atoms with E-state index in [9.17, 15) is 22.6 Å². The predicted octanol–water partition coefficient (Wildman–Crippen LogP) is 0.725. The summed E-state index contributed by atoms with van der Waals surface area (Å²) in [5.74, 6) is -2.78. The van der Waals surface area contributed by atoms with Crippen LogP contribution in [-0.4, -0.2) is 43.8 Å². The van der Waals surface area contributed by atoms with Gasteiger partial charge >= 0.3 is 35.5 Å². The number of rotatable bonds is 9. The number of ether oxygens (including phenoxy) is 1. The minimum atomic E-state index is -4.72. The van der Waals surface area contributed by atoms with E-state index in [-0.39, 0.29) is 35.0 Å². The van der Waals surface area contributed by atoms with Gasteiger partial charge in [-0.05, 0) is 56.6 Å². The minimum absolute atomic E-state index is 0. The number of nitrogens with one attached hydrogen (secondary N) is 1. The molecule has 1 rings (SSSR count). The summed E-state index contributed by atoms with van der Waals surface area (Å²) in [4.78, 5) is 23.7. The van der Waals surface area contributed by atoms with E-state index in [0.29, 0.717) is 5.57 Å². The Bertz CT molecular complexity index is 971. The fourth-order valence-electron chi connectivity index (χ4n) is 3.62. The van der Waals surface area contributed by atoms with E-state index in [0.717, 1.165) is 19.1 Å². The molecule has 33 heavy (non-hydrogen) atoms. The van der Waals surface area contributed by atoms with Gasteiger partial charge in [-0.3, -0.25) is 4.79 Å². The van der Waals surface area contributed by atoms with Crippen LogP contribution in [0.2, 0.25) is 0 Å². The maximum atomic E-state index is 12.1. The maximum Gasteiger partial charge on any atom is 1.00 e. The van der Waals surface area contributed by atoms with E-state index in [4.69, 9.17) is 0 Å². The molecule has 178 valence electrons. The van der Waals surface area contributed by atoms with Gasteiger partial charge in [0.2, 0.25) is 5.91 Å². The molecule has 0 aromatic carbocycles. The van der Waals surface area contributed by atoms with Crippen molar-refractivity contribution >= 4 is 22.0 Å². The largest absolute Gasteiger partial charge is 1.00 e. The van der Waals surface area contributed by atoms with Crippen molar-refractivity contribution in [1.29, 1.82) is 0 Å². The summed E-state index contributed by atoms with van der Waals surface area (Å²) in [6, 6.07) is -1.56. The summed E-state index contributed by atoms with van der Waals surface area (Å²) in [6.07, 6.45) is 14.4. The predicted molar refractivity (Wildman–Crippen MR) is 125 cm³/mol. The molecule has 0 heterocycles. The molecule has 0 saturated heterocycles. The molecular formula is C24H34NNaO6S. The number of carbonyl (C=O) groups excluding carboxylic acids is 2. The minimum Gasteiger partial charge on any atom is -0.748 e. The number of esters is 1. The number of allylic oxidation sites excluding steroid dienone is 9. The fraction of sp³-hybridized carbons (Fsp3) is 0.500. The molecule has 7 nitrogen and oxygen atoms in total. The van der Waals surface area contributed by atoms with Gasteiger partial charge in [0.15, 0.2) is 0 Å². The molecule has 0 aliphatic heterocycles. The summed E-state index contributed by atoms with van der Waals surface area (Å²) in [5.41, 5.74) is 4.62. The molecular weight excluding hydrogens is 453 g/mol. The molecule has 1 aliphatic rings. The van der Waals surface area contributed by atoms with Gasteiger partial charge in [0, 0.05) is 6.08 Å². The summed E-state index contributed by atoms with van der Waals surface area (Å²) in [7, 11) is -3.68. The first-order valence-electron chi connectivity index (χ1n) is 10.5.